The number of benzene rings is 1. The van der Waals surface area contributed by atoms with Crippen molar-refractivity contribution in [2.24, 2.45) is 10.4 Å². The van der Waals surface area contributed by atoms with Crippen molar-refractivity contribution in [3.63, 3.8) is 0 Å². The monoisotopic (exact) mass is 249 g/mol. The first-order chi connectivity index (χ1) is 8.39. The molecule has 0 atom stereocenters. The van der Waals surface area contributed by atoms with E-state index < -0.39 is 4.92 Å². The van der Waals surface area contributed by atoms with Gasteiger partial charge in [0.15, 0.2) is 5.75 Å². The number of aliphatic imine (C=N–C) groups is 1. The van der Waals surface area contributed by atoms with Gasteiger partial charge in [-0.1, -0.05) is 13.8 Å². The van der Waals surface area contributed by atoms with E-state index >= 15 is 0 Å². The fraction of sp³-hybridized carbons (Fsp3) is 0.417. The Morgan fingerprint density at radius 3 is 2.78 bits per heavy atom. The molecule has 0 amide bonds. The number of aromatic hydroxyl groups is 1. The van der Waals surface area contributed by atoms with Crippen molar-refractivity contribution in [1.29, 1.82) is 0 Å². The van der Waals surface area contributed by atoms with Gasteiger partial charge in [0, 0.05) is 30.1 Å². The number of nitro groups is 1. The maximum absolute atomic E-state index is 10.7. The highest BCUT2D eigenvalue weighted by molar-refractivity contribution is 6.00. The molecule has 0 saturated heterocycles. The predicted molar refractivity (Wildman–Crippen MR) is 67.9 cm³/mol. The normalized spacial score (nSPS) is 17.8. The molecule has 1 aromatic carbocycles. The number of amidine groups is 1. The molecule has 0 spiro atoms. The molecule has 1 aromatic rings. The van der Waals surface area contributed by atoms with Crippen LogP contribution in [0, 0.1) is 15.5 Å². The number of nitrogens with one attached hydrogen (secondary N) is 1. The molecule has 0 unspecified atom stereocenters. The van der Waals surface area contributed by atoms with E-state index in [0.29, 0.717) is 17.9 Å². The van der Waals surface area contributed by atoms with Crippen molar-refractivity contribution in [3.8, 4) is 5.75 Å². The van der Waals surface area contributed by atoms with Gasteiger partial charge in [0.2, 0.25) is 0 Å². The van der Waals surface area contributed by atoms with Crippen molar-refractivity contribution < 1.29 is 10.0 Å². The molecule has 1 aliphatic rings. The molecule has 6 heteroatoms. The maximum Gasteiger partial charge on any atom is 0.311 e. The lowest BCUT2D eigenvalue weighted by molar-refractivity contribution is -0.385. The number of hydrogen-bond acceptors (Lipinski definition) is 5. The summed E-state index contributed by atoms with van der Waals surface area (Å²) in [5.41, 5.74) is 0.406. The summed E-state index contributed by atoms with van der Waals surface area (Å²) in [6.07, 6.45) is 0. The molecule has 1 aliphatic heterocycles. The summed E-state index contributed by atoms with van der Waals surface area (Å²) in [5, 5.41) is 23.3. The van der Waals surface area contributed by atoms with Gasteiger partial charge in [-0.05, 0) is 12.1 Å². The van der Waals surface area contributed by atoms with Crippen molar-refractivity contribution >= 4 is 11.5 Å². The van der Waals surface area contributed by atoms with Gasteiger partial charge in [-0.3, -0.25) is 15.1 Å². The van der Waals surface area contributed by atoms with Gasteiger partial charge < -0.3 is 10.4 Å². The number of hydrogen-bond donors (Lipinski definition) is 2. The smallest absolute Gasteiger partial charge is 0.311 e. The van der Waals surface area contributed by atoms with Crippen LogP contribution in [0.4, 0.5) is 5.69 Å². The molecule has 0 bridgehead atoms. The molecule has 18 heavy (non-hydrogen) atoms. The Bertz CT molecular complexity index is 523. The minimum Gasteiger partial charge on any atom is -0.502 e. The topological polar surface area (TPSA) is 87.8 Å². The largest absolute Gasteiger partial charge is 0.502 e. The van der Waals surface area contributed by atoms with Gasteiger partial charge in [0.25, 0.3) is 0 Å². The van der Waals surface area contributed by atoms with Gasteiger partial charge in [0.1, 0.15) is 5.84 Å². The third-order valence-corrected chi connectivity index (χ3v) is 2.85. The lowest BCUT2D eigenvalue weighted by Gasteiger charge is -2.29. The van der Waals surface area contributed by atoms with E-state index in [2.05, 4.69) is 24.2 Å². The Labute approximate surface area is 105 Å². The average Bonchev–Trinajstić information content (AvgIpc) is 2.30. The van der Waals surface area contributed by atoms with Crippen LogP contribution in [0.5, 0.6) is 5.75 Å². The fourth-order valence-corrected chi connectivity index (χ4v) is 1.74. The fourth-order valence-electron chi connectivity index (χ4n) is 1.74. The summed E-state index contributed by atoms with van der Waals surface area (Å²) in [6, 6.07) is 4.27. The standard InChI is InChI=1S/C12H15N3O3/c1-12(2)6-13-11(14-7-12)8-3-4-10(16)9(5-8)15(17)18/h3-5,16H,6-7H2,1-2H3,(H,13,14). The van der Waals surface area contributed by atoms with E-state index in [1.54, 1.807) is 6.07 Å². The van der Waals surface area contributed by atoms with Crippen LogP contribution in [-0.4, -0.2) is 29.0 Å². The molecule has 96 valence electrons. The van der Waals surface area contributed by atoms with Crippen LogP contribution >= 0.6 is 0 Å². The van der Waals surface area contributed by atoms with Crippen LogP contribution in [0.2, 0.25) is 0 Å². The summed E-state index contributed by atoms with van der Waals surface area (Å²) >= 11 is 0. The van der Waals surface area contributed by atoms with Gasteiger partial charge in [0.05, 0.1) is 4.92 Å². The Morgan fingerprint density at radius 1 is 1.50 bits per heavy atom. The van der Waals surface area contributed by atoms with E-state index in [1.807, 2.05) is 0 Å². The SMILES string of the molecule is CC1(C)CN=C(c2ccc(O)c([N+](=O)[O-])c2)NC1. The molecular formula is C12H15N3O3. The van der Waals surface area contributed by atoms with Crippen molar-refractivity contribution in [3.05, 3.63) is 33.9 Å². The van der Waals surface area contributed by atoms with Crippen LogP contribution in [0.25, 0.3) is 0 Å². The zero-order valence-corrected chi connectivity index (χ0v) is 10.3. The zero-order chi connectivity index (χ0) is 13.3. The summed E-state index contributed by atoms with van der Waals surface area (Å²) in [7, 11) is 0. The quantitative estimate of drug-likeness (QED) is 0.616. The Kier molecular flexibility index (Phi) is 2.94. The highest BCUT2D eigenvalue weighted by atomic mass is 16.6. The second kappa shape index (κ2) is 4.29. The number of phenols is 1. The van der Waals surface area contributed by atoms with E-state index in [9.17, 15) is 15.2 Å². The van der Waals surface area contributed by atoms with Crippen molar-refractivity contribution in [1.82, 2.24) is 5.32 Å². The first-order valence-corrected chi connectivity index (χ1v) is 5.65. The van der Waals surface area contributed by atoms with Crippen LogP contribution in [0.1, 0.15) is 19.4 Å². The third kappa shape index (κ3) is 2.42. The van der Waals surface area contributed by atoms with E-state index in [-0.39, 0.29) is 16.9 Å². The van der Waals surface area contributed by atoms with E-state index in [0.717, 1.165) is 6.54 Å². The third-order valence-electron chi connectivity index (χ3n) is 2.85. The molecule has 2 rings (SSSR count). The minimum absolute atomic E-state index is 0.0896. The maximum atomic E-state index is 10.7. The lowest BCUT2D eigenvalue weighted by Crippen LogP contribution is -2.41. The summed E-state index contributed by atoms with van der Waals surface area (Å²) in [5.74, 6) is 0.304. The molecule has 0 saturated carbocycles. The van der Waals surface area contributed by atoms with Crippen LogP contribution in [0.15, 0.2) is 23.2 Å². The Morgan fingerprint density at radius 2 is 2.22 bits per heavy atom. The minimum atomic E-state index is -0.605. The summed E-state index contributed by atoms with van der Waals surface area (Å²) in [6.45, 7) is 5.63. The molecule has 6 nitrogen and oxygen atoms in total. The summed E-state index contributed by atoms with van der Waals surface area (Å²) in [4.78, 5) is 14.5. The van der Waals surface area contributed by atoms with Crippen LogP contribution in [0.3, 0.4) is 0 Å². The molecule has 0 aromatic heterocycles. The first kappa shape index (κ1) is 12.3. The number of phenolic OH excluding ortho intramolecular Hbond substituents is 1. The highest BCUT2D eigenvalue weighted by Crippen LogP contribution is 2.27. The van der Waals surface area contributed by atoms with Crippen molar-refractivity contribution in [2.45, 2.75) is 13.8 Å². The molecular weight excluding hydrogens is 234 g/mol. The van der Waals surface area contributed by atoms with E-state index in [1.165, 1.54) is 12.1 Å². The van der Waals surface area contributed by atoms with Crippen LogP contribution in [-0.2, 0) is 0 Å². The Hall–Kier alpha value is -2.11. The molecule has 0 fully saturated rings. The molecule has 2 N–H and O–H groups in total. The van der Waals surface area contributed by atoms with Crippen molar-refractivity contribution in [2.75, 3.05) is 13.1 Å². The van der Waals surface area contributed by atoms with Gasteiger partial charge in [-0.2, -0.15) is 0 Å². The molecule has 0 radical (unpaired) electrons. The van der Waals surface area contributed by atoms with Gasteiger partial charge >= 0.3 is 5.69 Å². The van der Waals surface area contributed by atoms with E-state index in [4.69, 9.17) is 0 Å². The number of nitro benzene ring substituents is 1. The molecule has 0 aliphatic carbocycles. The molecule has 1 heterocycles. The second-order valence-electron chi connectivity index (χ2n) is 5.14. The van der Waals surface area contributed by atoms with Crippen LogP contribution < -0.4 is 5.32 Å². The number of rotatable bonds is 2. The second-order valence-corrected chi connectivity index (χ2v) is 5.14. The number of nitrogens with zero attached hydrogens (tertiary/aromatic N) is 2. The average molecular weight is 249 g/mol. The zero-order valence-electron chi connectivity index (χ0n) is 10.3. The summed E-state index contributed by atoms with van der Waals surface area (Å²) < 4.78 is 0. The van der Waals surface area contributed by atoms with Gasteiger partial charge in [-0.15, -0.1) is 0 Å². The van der Waals surface area contributed by atoms with Gasteiger partial charge in [-0.25, -0.2) is 0 Å². The lowest BCUT2D eigenvalue weighted by atomic mass is 9.92. The predicted octanol–water partition coefficient (Wildman–Crippen LogP) is 1.68. The highest BCUT2D eigenvalue weighted by Gasteiger charge is 2.24. The Balaban J connectivity index is 2.33. The first-order valence-electron chi connectivity index (χ1n) is 5.65.